The Bertz CT molecular complexity index is 778. The maximum atomic E-state index is 12.1. The van der Waals surface area contributed by atoms with Crippen molar-refractivity contribution in [1.82, 2.24) is 9.97 Å². The van der Waals surface area contributed by atoms with Gasteiger partial charge in [-0.25, -0.2) is 4.98 Å². The Morgan fingerprint density at radius 3 is 2.90 bits per heavy atom. The molecule has 0 spiro atoms. The molecule has 0 radical (unpaired) electrons. The molecule has 0 aliphatic heterocycles. The number of quaternary nitrogens is 1. The van der Waals surface area contributed by atoms with Gasteiger partial charge in [-0.15, -0.1) is 0 Å². The molecule has 0 saturated carbocycles. The topological polar surface area (TPSA) is 75.5 Å². The van der Waals surface area contributed by atoms with Crippen LogP contribution in [0.2, 0.25) is 0 Å². The summed E-state index contributed by atoms with van der Waals surface area (Å²) in [6.07, 6.45) is 2.54. The summed E-state index contributed by atoms with van der Waals surface area (Å²) in [5.41, 5.74) is 0.654. The van der Waals surface area contributed by atoms with Crippen molar-refractivity contribution in [2.45, 2.75) is 25.9 Å². The monoisotopic (exact) mass is 284 g/mol. The highest BCUT2D eigenvalue weighted by molar-refractivity contribution is 5.77. The second kappa shape index (κ2) is 5.93. The number of hydrogen-bond donors (Lipinski definition) is 2. The van der Waals surface area contributed by atoms with Gasteiger partial charge in [-0.3, -0.25) is 4.79 Å². The van der Waals surface area contributed by atoms with Gasteiger partial charge in [0.25, 0.3) is 5.56 Å². The van der Waals surface area contributed by atoms with E-state index in [9.17, 15) is 4.79 Å². The lowest BCUT2D eigenvalue weighted by Gasteiger charge is -2.12. The summed E-state index contributed by atoms with van der Waals surface area (Å²) in [6, 6.07) is 11.3. The largest absolute Gasteiger partial charge is 0.463 e. The molecule has 5 heteroatoms. The van der Waals surface area contributed by atoms with E-state index in [1.165, 1.54) is 0 Å². The van der Waals surface area contributed by atoms with Gasteiger partial charge in [0, 0.05) is 6.42 Å². The van der Waals surface area contributed by atoms with Crippen LogP contribution in [-0.2, 0) is 6.54 Å². The highest BCUT2D eigenvalue weighted by Crippen LogP contribution is 2.11. The van der Waals surface area contributed by atoms with Crippen LogP contribution in [0.25, 0.3) is 10.9 Å². The van der Waals surface area contributed by atoms with E-state index in [0.717, 1.165) is 24.2 Å². The molecule has 0 aliphatic carbocycles. The first-order chi connectivity index (χ1) is 10.3. The standard InChI is InChI=1S/C16H17N3O2/c1-2-13(17-10-11-6-5-9-21-11)15-18-14-8-4-3-7-12(14)16(20)19-15/h3-9,13,17H,2,10H2,1H3,(H,18,19,20)/p+1/t13-/m0/s1. The summed E-state index contributed by atoms with van der Waals surface area (Å²) in [5.74, 6) is 1.63. The maximum Gasteiger partial charge on any atom is 0.258 e. The fourth-order valence-corrected chi connectivity index (χ4v) is 2.44. The predicted molar refractivity (Wildman–Crippen MR) is 79.7 cm³/mol. The average molecular weight is 284 g/mol. The Balaban J connectivity index is 1.88. The molecule has 3 rings (SSSR count). The first-order valence-electron chi connectivity index (χ1n) is 7.12. The van der Waals surface area contributed by atoms with Gasteiger partial charge in [-0.05, 0) is 24.3 Å². The minimum Gasteiger partial charge on any atom is -0.463 e. The molecule has 0 aliphatic rings. The van der Waals surface area contributed by atoms with Crippen LogP contribution in [0.4, 0.5) is 0 Å². The summed E-state index contributed by atoms with van der Waals surface area (Å²) in [5, 5.41) is 2.76. The van der Waals surface area contributed by atoms with Crippen LogP contribution < -0.4 is 10.9 Å². The van der Waals surface area contributed by atoms with E-state index in [2.05, 4.69) is 22.2 Å². The number of furan rings is 1. The van der Waals surface area contributed by atoms with Gasteiger partial charge in [0.2, 0.25) is 0 Å². The first-order valence-corrected chi connectivity index (χ1v) is 7.12. The third-order valence-electron chi connectivity index (χ3n) is 3.61. The van der Waals surface area contributed by atoms with Crippen molar-refractivity contribution in [2.24, 2.45) is 0 Å². The molecular formula is C16H18N3O2+. The summed E-state index contributed by atoms with van der Waals surface area (Å²) in [6.45, 7) is 2.81. The lowest BCUT2D eigenvalue weighted by molar-refractivity contribution is -0.714. The Labute approximate surface area is 122 Å². The highest BCUT2D eigenvalue weighted by atomic mass is 16.3. The van der Waals surface area contributed by atoms with E-state index in [0.29, 0.717) is 11.2 Å². The number of rotatable bonds is 5. The quantitative estimate of drug-likeness (QED) is 0.749. The zero-order valence-corrected chi connectivity index (χ0v) is 11.9. The Kier molecular flexibility index (Phi) is 3.83. The Hall–Kier alpha value is -2.40. The lowest BCUT2D eigenvalue weighted by Crippen LogP contribution is -2.83. The molecule has 0 unspecified atom stereocenters. The van der Waals surface area contributed by atoms with Crippen LogP contribution in [0.3, 0.4) is 0 Å². The van der Waals surface area contributed by atoms with Gasteiger partial charge in [0.1, 0.15) is 12.6 Å². The molecule has 2 aromatic heterocycles. The molecule has 0 bridgehead atoms. The van der Waals surface area contributed by atoms with Gasteiger partial charge < -0.3 is 14.7 Å². The van der Waals surface area contributed by atoms with Crippen LogP contribution in [0, 0.1) is 0 Å². The van der Waals surface area contributed by atoms with Crippen molar-refractivity contribution < 1.29 is 9.73 Å². The van der Waals surface area contributed by atoms with E-state index in [4.69, 9.17) is 4.42 Å². The Morgan fingerprint density at radius 2 is 2.14 bits per heavy atom. The highest BCUT2D eigenvalue weighted by Gasteiger charge is 2.17. The summed E-state index contributed by atoms with van der Waals surface area (Å²) >= 11 is 0. The van der Waals surface area contributed by atoms with Crippen molar-refractivity contribution >= 4 is 10.9 Å². The van der Waals surface area contributed by atoms with Gasteiger partial charge in [-0.1, -0.05) is 19.1 Å². The minimum atomic E-state index is -0.0829. The van der Waals surface area contributed by atoms with Crippen molar-refractivity contribution in [3.05, 3.63) is 64.6 Å². The third kappa shape index (κ3) is 2.87. The number of aromatic amines is 1. The minimum absolute atomic E-state index is 0.0829. The number of H-pyrrole nitrogens is 1. The molecular weight excluding hydrogens is 266 g/mol. The van der Waals surface area contributed by atoms with Crippen molar-refractivity contribution in [3.63, 3.8) is 0 Å². The zero-order valence-electron chi connectivity index (χ0n) is 11.9. The van der Waals surface area contributed by atoms with Crippen LogP contribution >= 0.6 is 0 Å². The number of hydrogen-bond acceptors (Lipinski definition) is 3. The van der Waals surface area contributed by atoms with Crippen LogP contribution in [0.5, 0.6) is 0 Å². The lowest BCUT2D eigenvalue weighted by atomic mass is 10.2. The molecule has 21 heavy (non-hydrogen) atoms. The SMILES string of the molecule is CC[C@H]([NH2+]Cc1ccco1)c1nc2ccccc2c(=O)[nH]1. The smallest absolute Gasteiger partial charge is 0.258 e. The first kappa shape index (κ1) is 13.6. The van der Waals surface area contributed by atoms with Gasteiger partial charge in [-0.2, -0.15) is 0 Å². The molecule has 1 aromatic carbocycles. The molecule has 3 aromatic rings. The number of aromatic nitrogens is 2. The summed E-state index contributed by atoms with van der Waals surface area (Å²) < 4.78 is 5.33. The number of benzene rings is 1. The number of fused-ring (bicyclic) bond motifs is 1. The van der Waals surface area contributed by atoms with Crippen molar-refractivity contribution in [3.8, 4) is 0 Å². The Morgan fingerprint density at radius 1 is 1.29 bits per heavy atom. The molecule has 0 fully saturated rings. The number of nitrogens with zero attached hydrogens (tertiary/aromatic N) is 1. The van der Waals surface area contributed by atoms with E-state index in [1.807, 2.05) is 30.3 Å². The third-order valence-corrected chi connectivity index (χ3v) is 3.61. The van der Waals surface area contributed by atoms with Gasteiger partial charge in [0.15, 0.2) is 11.6 Å². The number of nitrogens with one attached hydrogen (secondary N) is 1. The molecule has 0 amide bonds. The number of para-hydroxylation sites is 1. The molecule has 1 atom stereocenters. The normalized spacial score (nSPS) is 12.6. The number of nitrogens with two attached hydrogens (primary N) is 1. The fourth-order valence-electron chi connectivity index (χ4n) is 2.44. The average Bonchev–Trinajstić information content (AvgIpc) is 3.01. The molecule has 108 valence electrons. The van der Waals surface area contributed by atoms with E-state index in [1.54, 1.807) is 12.3 Å². The van der Waals surface area contributed by atoms with Gasteiger partial charge >= 0.3 is 0 Å². The van der Waals surface area contributed by atoms with E-state index in [-0.39, 0.29) is 11.6 Å². The van der Waals surface area contributed by atoms with Crippen LogP contribution in [0.15, 0.2) is 51.9 Å². The van der Waals surface area contributed by atoms with Crippen molar-refractivity contribution in [2.75, 3.05) is 0 Å². The molecule has 5 nitrogen and oxygen atoms in total. The second-order valence-electron chi connectivity index (χ2n) is 5.00. The predicted octanol–water partition coefficient (Wildman–Crippen LogP) is 1.73. The molecule has 0 saturated heterocycles. The molecule has 2 heterocycles. The second-order valence-corrected chi connectivity index (χ2v) is 5.00. The summed E-state index contributed by atoms with van der Waals surface area (Å²) in [4.78, 5) is 19.6. The zero-order chi connectivity index (χ0) is 14.7. The van der Waals surface area contributed by atoms with E-state index >= 15 is 0 Å². The maximum absolute atomic E-state index is 12.1. The fraction of sp³-hybridized carbons (Fsp3) is 0.250. The molecule has 3 N–H and O–H groups in total. The summed E-state index contributed by atoms with van der Waals surface area (Å²) in [7, 11) is 0. The van der Waals surface area contributed by atoms with Crippen LogP contribution in [-0.4, -0.2) is 9.97 Å². The van der Waals surface area contributed by atoms with Crippen LogP contribution in [0.1, 0.15) is 31.0 Å². The van der Waals surface area contributed by atoms with E-state index < -0.39 is 0 Å². The van der Waals surface area contributed by atoms with Gasteiger partial charge in [0.05, 0.1) is 17.2 Å². The van der Waals surface area contributed by atoms with Crippen molar-refractivity contribution in [1.29, 1.82) is 0 Å².